The number of rotatable bonds is 5. The molecule has 106 valence electrons. The van der Waals surface area contributed by atoms with Crippen LogP contribution in [0.4, 0.5) is 5.69 Å². The van der Waals surface area contributed by atoms with E-state index < -0.39 is 0 Å². The fraction of sp³-hybridized carbons (Fsp3) is 0.647. The second-order valence-corrected chi connectivity index (χ2v) is 7.46. The minimum absolute atomic E-state index is 0.409. The van der Waals surface area contributed by atoms with Crippen LogP contribution in [0.15, 0.2) is 24.3 Å². The highest BCUT2D eigenvalue weighted by Gasteiger charge is 2.32. The molecule has 1 saturated heterocycles. The Morgan fingerprint density at radius 3 is 2.63 bits per heavy atom. The molecule has 2 heteroatoms. The number of unbranched alkanes of at least 4 members (excludes halogenated alkanes) is 1. The third-order valence-corrected chi connectivity index (χ3v) is 5.29. The number of benzene rings is 1. The van der Waals surface area contributed by atoms with Crippen molar-refractivity contribution in [1.29, 1.82) is 0 Å². The Morgan fingerprint density at radius 1 is 1.26 bits per heavy atom. The number of thioether (sulfide) groups is 1. The Kier molecular flexibility index (Phi) is 5.20. The molecule has 1 atom stereocenters. The van der Waals surface area contributed by atoms with E-state index in [1.807, 2.05) is 0 Å². The summed E-state index contributed by atoms with van der Waals surface area (Å²) in [7, 11) is 0. The molecule has 1 aromatic carbocycles. The van der Waals surface area contributed by atoms with E-state index in [0.717, 1.165) is 0 Å². The average Bonchev–Trinajstić information content (AvgIpc) is 2.40. The van der Waals surface area contributed by atoms with E-state index >= 15 is 0 Å². The number of hydrogen-bond donors (Lipinski definition) is 1. The first-order chi connectivity index (χ1) is 9.12. The van der Waals surface area contributed by atoms with Crippen LogP contribution in [-0.2, 0) is 6.42 Å². The lowest BCUT2D eigenvalue weighted by atomic mass is 9.82. The first-order valence-corrected chi connectivity index (χ1v) is 8.70. The highest BCUT2D eigenvalue weighted by molar-refractivity contribution is 7.99. The number of hydrogen-bond acceptors (Lipinski definition) is 2. The van der Waals surface area contributed by atoms with Gasteiger partial charge in [0.05, 0.1) is 0 Å². The van der Waals surface area contributed by atoms with E-state index in [9.17, 15) is 0 Å². The van der Waals surface area contributed by atoms with Crippen LogP contribution in [-0.4, -0.2) is 17.5 Å². The van der Waals surface area contributed by atoms with Gasteiger partial charge in [-0.15, -0.1) is 0 Å². The van der Waals surface area contributed by atoms with E-state index in [1.54, 1.807) is 0 Å². The van der Waals surface area contributed by atoms with Gasteiger partial charge in [-0.3, -0.25) is 0 Å². The molecule has 1 heterocycles. The van der Waals surface area contributed by atoms with Crippen molar-refractivity contribution in [1.82, 2.24) is 0 Å². The van der Waals surface area contributed by atoms with Crippen LogP contribution in [0.3, 0.4) is 0 Å². The van der Waals surface area contributed by atoms with E-state index in [0.29, 0.717) is 11.5 Å². The van der Waals surface area contributed by atoms with Gasteiger partial charge in [0, 0.05) is 17.5 Å². The van der Waals surface area contributed by atoms with Gasteiger partial charge in [0.15, 0.2) is 0 Å². The molecule has 0 bridgehead atoms. The van der Waals surface area contributed by atoms with E-state index in [1.165, 1.54) is 48.4 Å². The summed E-state index contributed by atoms with van der Waals surface area (Å²) >= 11 is 2.08. The summed E-state index contributed by atoms with van der Waals surface area (Å²) in [5.74, 6) is 2.53. The summed E-state index contributed by atoms with van der Waals surface area (Å²) in [4.78, 5) is 0. The second-order valence-electron chi connectivity index (χ2n) is 6.31. The van der Waals surface area contributed by atoms with Crippen molar-refractivity contribution in [3.63, 3.8) is 0 Å². The molecule has 0 aromatic heterocycles. The van der Waals surface area contributed by atoms with Gasteiger partial charge in [-0.25, -0.2) is 0 Å². The fourth-order valence-electron chi connectivity index (χ4n) is 2.52. The van der Waals surface area contributed by atoms with Gasteiger partial charge in [-0.05, 0) is 48.1 Å². The average molecular weight is 277 g/mol. The topological polar surface area (TPSA) is 12.0 Å². The third-order valence-electron chi connectivity index (χ3n) is 4.23. The van der Waals surface area contributed by atoms with Crippen LogP contribution in [0.25, 0.3) is 0 Å². The zero-order chi connectivity index (χ0) is 13.7. The molecule has 1 aliphatic heterocycles. The molecule has 1 nitrogen and oxygen atoms in total. The first-order valence-electron chi connectivity index (χ1n) is 7.55. The molecule has 0 amide bonds. The van der Waals surface area contributed by atoms with Gasteiger partial charge in [0.2, 0.25) is 0 Å². The predicted molar refractivity (Wildman–Crippen MR) is 88.2 cm³/mol. The van der Waals surface area contributed by atoms with Crippen molar-refractivity contribution in [2.45, 2.75) is 52.5 Å². The first kappa shape index (κ1) is 14.8. The lowest BCUT2D eigenvalue weighted by Crippen LogP contribution is -2.41. The molecule has 0 saturated carbocycles. The minimum Gasteiger partial charge on any atom is -0.381 e. The molecule has 1 N–H and O–H groups in total. The highest BCUT2D eigenvalue weighted by Crippen LogP contribution is 2.36. The monoisotopic (exact) mass is 277 g/mol. The molecule has 1 fully saturated rings. The molecule has 0 aliphatic carbocycles. The van der Waals surface area contributed by atoms with Crippen LogP contribution in [0.5, 0.6) is 0 Å². The maximum absolute atomic E-state index is 3.73. The smallest absolute Gasteiger partial charge is 0.0403 e. The molecule has 0 radical (unpaired) electrons. The zero-order valence-electron chi connectivity index (χ0n) is 12.5. The summed E-state index contributed by atoms with van der Waals surface area (Å²) in [5, 5.41) is 3.73. The molecule has 1 aromatic rings. The quantitative estimate of drug-likeness (QED) is 0.815. The molecule has 19 heavy (non-hydrogen) atoms. The van der Waals surface area contributed by atoms with E-state index in [4.69, 9.17) is 0 Å². The van der Waals surface area contributed by atoms with Crippen molar-refractivity contribution in [2.24, 2.45) is 5.41 Å². The van der Waals surface area contributed by atoms with E-state index in [2.05, 4.69) is 62.1 Å². The van der Waals surface area contributed by atoms with Crippen molar-refractivity contribution >= 4 is 17.4 Å². The van der Waals surface area contributed by atoms with E-state index in [-0.39, 0.29) is 0 Å². The molecular formula is C17H27NS. The molecule has 2 rings (SSSR count). The van der Waals surface area contributed by atoms with Crippen molar-refractivity contribution < 1.29 is 0 Å². The summed E-state index contributed by atoms with van der Waals surface area (Å²) in [5.41, 5.74) is 3.15. The maximum atomic E-state index is 3.73. The Bertz CT molecular complexity index is 383. The summed E-state index contributed by atoms with van der Waals surface area (Å²) < 4.78 is 0. The van der Waals surface area contributed by atoms with Gasteiger partial charge in [0.1, 0.15) is 0 Å². The van der Waals surface area contributed by atoms with Gasteiger partial charge in [0.25, 0.3) is 0 Å². The SMILES string of the molecule is CCCCc1ccc(NC2CSCCC2(C)C)cc1. The Labute approximate surface area is 122 Å². The van der Waals surface area contributed by atoms with Gasteiger partial charge >= 0.3 is 0 Å². The van der Waals surface area contributed by atoms with Gasteiger partial charge in [-0.2, -0.15) is 11.8 Å². The van der Waals surface area contributed by atoms with Gasteiger partial charge in [-0.1, -0.05) is 39.3 Å². The van der Waals surface area contributed by atoms with Crippen molar-refractivity contribution in [3.05, 3.63) is 29.8 Å². The summed E-state index contributed by atoms with van der Waals surface area (Å²) in [6.45, 7) is 7.03. The minimum atomic E-state index is 0.409. The van der Waals surface area contributed by atoms with Crippen LogP contribution >= 0.6 is 11.8 Å². The third kappa shape index (κ3) is 4.17. The van der Waals surface area contributed by atoms with Crippen LogP contribution in [0.1, 0.15) is 45.6 Å². The lowest BCUT2D eigenvalue weighted by molar-refractivity contribution is 0.305. The predicted octanol–water partition coefficient (Wildman–Crippen LogP) is 4.97. The highest BCUT2D eigenvalue weighted by atomic mass is 32.2. The maximum Gasteiger partial charge on any atom is 0.0403 e. The summed E-state index contributed by atoms with van der Waals surface area (Å²) in [6.07, 6.45) is 5.08. The Balaban J connectivity index is 1.95. The van der Waals surface area contributed by atoms with Crippen molar-refractivity contribution in [2.75, 3.05) is 16.8 Å². The normalized spacial score (nSPS) is 22.2. The Morgan fingerprint density at radius 2 is 2.00 bits per heavy atom. The molecule has 1 unspecified atom stereocenters. The zero-order valence-corrected chi connectivity index (χ0v) is 13.4. The molecular weight excluding hydrogens is 250 g/mol. The van der Waals surface area contributed by atoms with Crippen LogP contribution < -0.4 is 5.32 Å². The second kappa shape index (κ2) is 6.69. The van der Waals surface area contributed by atoms with Crippen molar-refractivity contribution in [3.8, 4) is 0 Å². The molecule has 1 aliphatic rings. The summed E-state index contributed by atoms with van der Waals surface area (Å²) in [6, 6.07) is 9.65. The van der Waals surface area contributed by atoms with Crippen LogP contribution in [0.2, 0.25) is 0 Å². The number of anilines is 1. The number of nitrogens with one attached hydrogen (secondary N) is 1. The van der Waals surface area contributed by atoms with Gasteiger partial charge < -0.3 is 5.32 Å². The fourth-order valence-corrected chi connectivity index (χ4v) is 4.13. The standard InChI is InChI=1S/C17H27NS/c1-4-5-6-14-7-9-15(10-8-14)18-16-13-19-12-11-17(16,2)3/h7-10,16,18H,4-6,11-13H2,1-3H3. The Hall–Kier alpha value is -0.630. The lowest BCUT2D eigenvalue weighted by Gasteiger charge is -2.39. The molecule has 0 spiro atoms. The van der Waals surface area contributed by atoms with Crippen LogP contribution in [0, 0.1) is 5.41 Å². The largest absolute Gasteiger partial charge is 0.381 e. The number of aryl methyl sites for hydroxylation is 1.